The van der Waals surface area contributed by atoms with Crippen molar-refractivity contribution in [3.05, 3.63) is 35.9 Å². The van der Waals surface area contributed by atoms with E-state index in [-0.39, 0.29) is 13.0 Å². The van der Waals surface area contributed by atoms with E-state index in [1.165, 1.54) is 7.11 Å². The maximum Gasteiger partial charge on any atom is 0.310 e. The SMILES string of the molecule is [B]C1([B])CCC(C(=O)OC)C(C(=O)OCc2ccccc2)C1. The predicted molar refractivity (Wildman–Crippen MR) is 83.3 cm³/mol. The van der Waals surface area contributed by atoms with Gasteiger partial charge < -0.3 is 9.47 Å². The molecule has 0 bridgehead atoms. The van der Waals surface area contributed by atoms with Gasteiger partial charge in [0.2, 0.25) is 0 Å². The van der Waals surface area contributed by atoms with Gasteiger partial charge in [-0.25, -0.2) is 0 Å². The van der Waals surface area contributed by atoms with Crippen LogP contribution < -0.4 is 0 Å². The lowest BCUT2D eigenvalue weighted by Crippen LogP contribution is -2.39. The van der Waals surface area contributed by atoms with E-state index in [1.807, 2.05) is 30.3 Å². The summed E-state index contributed by atoms with van der Waals surface area (Å²) < 4.78 is 10.1. The Labute approximate surface area is 133 Å². The van der Waals surface area contributed by atoms with Crippen LogP contribution in [0.5, 0.6) is 0 Å². The van der Waals surface area contributed by atoms with Crippen molar-refractivity contribution in [3.63, 3.8) is 0 Å². The summed E-state index contributed by atoms with van der Waals surface area (Å²) >= 11 is 0. The number of benzene rings is 1. The second kappa shape index (κ2) is 7.03. The van der Waals surface area contributed by atoms with E-state index >= 15 is 0 Å². The fraction of sp³-hybridized carbons (Fsp3) is 0.500. The molecule has 1 aliphatic carbocycles. The summed E-state index contributed by atoms with van der Waals surface area (Å²) in [7, 11) is 13.2. The molecule has 2 atom stereocenters. The van der Waals surface area contributed by atoms with Gasteiger partial charge in [-0.05, 0) is 18.4 Å². The molecule has 0 heterocycles. The Morgan fingerprint density at radius 1 is 1.18 bits per heavy atom. The molecule has 1 aliphatic rings. The molecule has 6 heteroatoms. The summed E-state index contributed by atoms with van der Waals surface area (Å²) in [6.07, 6.45) is 1.10. The van der Waals surface area contributed by atoms with E-state index in [9.17, 15) is 9.59 Å². The number of ether oxygens (including phenoxy) is 2. The molecule has 0 N–H and O–H groups in total. The zero-order valence-corrected chi connectivity index (χ0v) is 12.7. The molecule has 2 unspecified atom stereocenters. The highest BCUT2D eigenvalue weighted by Crippen LogP contribution is 2.44. The maximum atomic E-state index is 12.3. The average molecular weight is 296 g/mol. The van der Waals surface area contributed by atoms with Crippen molar-refractivity contribution in [1.82, 2.24) is 0 Å². The van der Waals surface area contributed by atoms with E-state index in [1.54, 1.807) is 0 Å². The molecule has 1 fully saturated rings. The molecule has 22 heavy (non-hydrogen) atoms. The van der Waals surface area contributed by atoms with Gasteiger partial charge in [-0.1, -0.05) is 42.0 Å². The molecule has 112 valence electrons. The van der Waals surface area contributed by atoms with Crippen molar-refractivity contribution in [2.75, 3.05) is 7.11 Å². The zero-order chi connectivity index (χ0) is 16.2. The van der Waals surface area contributed by atoms with Crippen LogP contribution in [-0.4, -0.2) is 34.7 Å². The molecule has 0 spiro atoms. The Morgan fingerprint density at radius 2 is 1.86 bits per heavy atom. The van der Waals surface area contributed by atoms with E-state index < -0.39 is 29.0 Å². The second-order valence-corrected chi connectivity index (χ2v) is 5.81. The first-order valence-corrected chi connectivity index (χ1v) is 7.29. The highest BCUT2D eigenvalue weighted by molar-refractivity contribution is 6.39. The van der Waals surface area contributed by atoms with Gasteiger partial charge in [0, 0.05) is 0 Å². The van der Waals surface area contributed by atoms with Gasteiger partial charge in [0.1, 0.15) is 6.61 Å². The molecule has 0 aliphatic heterocycles. The highest BCUT2D eigenvalue weighted by Gasteiger charge is 2.43. The average Bonchev–Trinajstić information content (AvgIpc) is 2.52. The molecule has 1 aromatic carbocycles. The minimum atomic E-state index is -0.957. The summed E-state index contributed by atoms with van der Waals surface area (Å²) in [4.78, 5) is 24.2. The molecule has 0 aromatic heterocycles. The second-order valence-electron chi connectivity index (χ2n) is 5.81. The molecule has 1 aromatic rings. The van der Waals surface area contributed by atoms with Crippen LogP contribution in [-0.2, 0) is 25.7 Å². The predicted octanol–water partition coefficient (Wildman–Crippen LogP) is 1.77. The molecule has 4 radical (unpaired) electrons. The molecular formula is C16H18B2O4. The van der Waals surface area contributed by atoms with Crippen LogP contribution in [0.2, 0.25) is 5.21 Å². The summed E-state index contributed by atoms with van der Waals surface area (Å²) in [5.41, 5.74) is 0.882. The topological polar surface area (TPSA) is 52.6 Å². The fourth-order valence-corrected chi connectivity index (χ4v) is 2.80. The van der Waals surface area contributed by atoms with Crippen molar-refractivity contribution in [2.24, 2.45) is 11.8 Å². The number of hydrogen-bond donors (Lipinski definition) is 0. The minimum absolute atomic E-state index is 0.159. The van der Waals surface area contributed by atoms with Crippen molar-refractivity contribution < 1.29 is 19.1 Å². The van der Waals surface area contributed by atoms with Gasteiger partial charge in [-0.2, -0.15) is 0 Å². The number of hydrogen-bond acceptors (Lipinski definition) is 4. The maximum absolute atomic E-state index is 12.3. The molecule has 1 saturated carbocycles. The smallest absolute Gasteiger partial charge is 0.310 e. The van der Waals surface area contributed by atoms with Gasteiger partial charge >= 0.3 is 11.9 Å². The summed E-state index contributed by atoms with van der Waals surface area (Å²) in [6, 6.07) is 9.35. The lowest BCUT2D eigenvalue weighted by atomic mass is 9.45. The molecule has 2 rings (SSSR count). The first-order chi connectivity index (χ1) is 10.4. The number of esters is 2. The van der Waals surface area contributed by atoms with Crippen molar-refractivity contribution in [1.29, 1.82) is 0 Å². The monoisotopic (exact) mass is 296 g/mol. The summed E-state index contributed by atoms with van der Waals surface area (Å²) in [5.74, 6) is -2.09. The first-order valence-electron chi connectivity index (χ1n) is 7.29. The van der Waals surface area contributed by atoms with E-state index in [0.717, 1.165) is 5.56 Å². The Morgan fingerprint density at radius 3 is 2.50 bits per heavy atom. The molecule has 4 nitrogen and oxygen atoms in total. The van der Waals surface area contributed by atoms with Crippen molar-refractivity contribution in [2.45, 2.75) is 31.1 Å². The van der Waals surface area contributed by atoms with Crippen LogP contribution in [0, 0.1) is 11.8 Å². The lowest BCUT2D eigenvalue weighted by molar-refractivity contribution is -0.162. The third-order valence-corrected chi connectivity index (χ3v) is 4.04. The van der Waals surface area contributed by atoms with Crippen LogP contribution >= 0.6 is 0 Å². The van der Waals surface area contributed by atoms with E-state index in [4.69, 9.17) is 25.2 Å². The third kappa shape index (κ3) is 4.15. The highest BCUT2D eigenvalue weighted by atomic mass is 16.5. The van der Waals surface area contributed by atoms with Gasteiger partial charge in [0.15, 0.2) is 0 Å². The van der Waals surface area contributed by atoms with Crippen molar-refractivity contribution in [3.8, 4) is 0 Å². The van der Waals surface area contributed by atoms with E-state index in [0.29, 0.717) is 12.8 Å². The largest absolute Gasteiger partial charge is 0.469 e. The molecular weight excluding hydrogens is 278 g/mol. The van der Waals surface area contributed by atoms with E-state index in [2.05, 4.69) is 0 Å². The van der Waals surface area contributed by atoms with Crippen molar-refractivity contribution >= 4 is 27.6 Å². The van der Waals surface area contributed by atoms with Crippen LogP contribution in [0.3, 0.4) is 0 Å². The summed E-state index contributed by atoms with van der Waals surface area (Å²) in [6.45, 7) is 0.159. The van der Waals surface area contributed by atoms with Gasteiger partial charge in [-0.3, -0.25) is 9.59 Å². The number of methoxy groups -OCH3 is 1. The first kappa shape index (κ1) is 16.7. The Balaban J connectivity index is 2.04. The quantitative estimate of drug-likeness (QED) is 0.627. The molecule has 0 saturated heterocycles. The Kier molecular flexibility index (Phi) is 5.33. The zero-order valence-electron chi connectivity index (χ0n) is 12.7. The number of carbonyl (C=O) groups is 2. The van der Waals surface area contributed by atoms with Crippen LogP contribution in [0.1, 0.15) is 24.8 Å². The fourth-order valence-electron chi connectivity index (χ4n) is 2.80. The number of carbonyl (C=O) groups excluding carboxylic acids is 2. The van der Waals surface area contributed by atoms with Crippen LogP contribution in [0.25, 0.3) is 0 Å². The minimum Gasteiger partial charge on any atom is -0.469 e. The number of rotatable bonds is 4. The standard InChI is InChI=1S/C16H18B2O4/c1-21-14(19)12-7-8-16(17,18)9-13(12)15(20)22-10-11-5-3-2-4-6-11/h2-6,12-13H,7-10H2,1H3. The van der Waals surface area contributed by atoms with Gasteiger partial charge in [0.25, 0.3) is 0 Å². The molecule has 0 amide bonds. The van der Waals surface area contributed by atoms with Crippen LogP contribution in [0.4, 0.5) is 0 Å². The lowest BCUT2D eigenvalue weighted by Gasteiger charge is -2.38. The normalized spacial score (nSPS) is 23.5. The third-order valence-electron chi connectivity index (χ3n) is 4.04. The van der Waals surface area contributed by atoms with Gasteiger partial charge in [0.05, 0.1) is 34.6 Å². The van der Waals surface area contributed by atoms with Gasteiger partial charge in [-0.15, -0.1) is 0 Å². The Bertz CT molecular complexity index is 530. The van der Waals surface area contributed by atoms with Crippen LogP contribution in [0.15, 0.2) is 30.3 Å². The Hall–Kier alpha value is -1.71. The summed E-state index contributed by atoms with van der Waals surface area (Å²) in [5, 5.41) is -0.957.